The van der Waals surface area contributed by atoms with Gasteiger partial charge < -0.3 is 19.7 Å². The summed E-state index contributed by atoms with van der Waals surface area (Å²) < 4.78 is 9.45. The van der Waals surface area contributed by atoms with Crippen LogP contribution in [0.25, 0.3) is 0 Å². The van der Waals surface area contributed by atoms with Crippen LogP contribution in [0.3, 0.4) is 0 Å². The highest BCUT2D eigenvalue weighted by Crippen LogP contribution is 2.29. The summed E-state index contributed by atoms with van der Waals surface area (Å²) in [6.45, 7) is 0.117. The number of nitrogens with zero attached hydrogens (tertiary/aromatic N) is 2. The van der Waals surface area contributed by atoms with Crippen molar-refractivity contribution >= 4 is 5.91 Å². The van der Waals surface area contributed by atoms with Gasteiger partial charge in [-0.15, -0.1) is 0 Å². The SMILES string of the molecule is COc1cccc(C(=O)NCc2ncon2)c1O. The van der Waals surface area contributed by atoms with E-state index in [9.17, 15) is 9.90 Å². The number of hydrogen-bond acceptors (Lipinski definition) is 6. The summed E-state index contributed by atoms with van der Waals surface area (Å²) in [5.41, 5.74) is 0.123. The van der Waals surface area contributed by atoms with Crippen molar-refractivity contribution in [2.24, 2.45) is 0 Å². The van der Waals surface area contributed by atoms with Gasteiger partial charge in [-0.1, -0.05) is 11.2 Å². The summed E-state index contributed by atoms with van der Waals surface area (Å²) in [6.07, 6.45) is 1.17. The molecule has 0 spiro atoms. The van der Waals surface area contributed by atoms with Crippen molar-refractivity contribution in [3.05, 3.63) is 36.0 Å². The lowest BCUT2D eigenvalue weighted by Crippen LogP contribution is -2.23. The third-order valence-corrected chi connectivity index (χ3v) is 2.28. The van der Waals surface area contributed by atoms with Crippen LogP contribution in [0, 0.1) is 0 Å². The number of carbonyl (C=O) groups excluding carboxylic acids is 1. The van der Waals surface area contributed by atoms with Crippen molar-refractivity contribution in [1.82, 2.24) is 15.5 Å². The standard InChI is InChI=1S/C11H11N3O4/c1-17-8-4-2-3-7(10(8)15)11(16)12-5-9-13-6-18-14-9/h2-4,6,15H,5H2,1H3,(H,12,16). The Bertz CT molecular complexity index is 539. The maximum Gasteiger partial charge on any atom is 0.255 e. The van der Waals surface area contributed by atoms with Crippen LogP contribution in [0.2, 0.25) is 0 Å². The molecule has 0 unspecified atom stereocenters. The van der Waals surface area contributed by atoms with Gasteiger partial charge in [-0.2, -0.15) is 4.98 Å². The fraction of sp³-hybridized carbons (Fsp3) is 0.182. The van der Waals surface area contributed by atoms with E-state index in [4.69, 9.17) is 4.74 Å². The summed E-state index contributed by atoms with van der Waals surface area (Å²) >= 11 is 0. The number of aromatic nitrogens is 2. The molecular formula is C11H11N3O4. The van der Waals surface area contributed by atoms with Crippen molar-refractivity contribution < 1.29 is 19.2 Å². The Hall–Kier alpha value is -2.57. The Morgan fingerprint density at radius 2 is 2.39 bits per heavy atom. The molecule has 2 aromatic rings. The molecule has 1 heterocycles. The first-order valence-electron chi connectivity index (χ1n) is 5.11. The van der Waals surface area contributed by atoms with Crippen LogP contribution in [-0.2, 0) is 6.54 Å². The number of amides is 1. The van der Waals surface area contributed by atoms with Gasteiger partial charge in [-0.05, 0) is 12.1 Å². The number of rotatable bonds is 4. The van der Waals surface area contributed by atoms with Gasteiger partial charge in [0, 0.05) is 0 Å². The fourth-order valence-corrected chi connectivity index (χ4v) is 1.40. The third-order valence-electron chi connectivity index (χ3n) is 2.28. The van der Waals surface area contributed by atoms with Gasteiger partial charge >= 0.3 is 0 Å². The average molecular weight is 249 g/mol. The fourth-order valence-electron chi connectivity index (χ4n) is 1.40. The molecule has 0 aliphatic carbocycles. The van der Waals surface area contributed by atoms with E-state index in [2.05, 4.69) is 20.0 Å². The highest BCUT2D eigenvalue weighted by atomic mass is 16.5. The predicted molar refractivity (Wildman–Crippen MR) is 60.1 cm³/mol. The molecule has 0 atom stereocenters. The molecule has 7 nitrogen and oxygen atoms in total. The smallest absolute Gasteiger partial charge is 0.255 e. The molecule has 18 heavy (non-hydrogen) atoms. The molecule has 0 fully saturated rings. The summed E-state index contributed by atoms with van der Waals surface area (Å²) in [7, 11) is 1.41. The molecular weight excluding hydrogens is 238 g/mol. The summed E-state index contributed by atoms with van der Waals surface area (Å²) in [4.78, 5) is 15.6. The topological polar surface area (TPSA) is 97.5 Å². The lowest BCUT2D eigenvalue weighted by atomic mass is 10.1. The molecule has 1 amide bonds. The first-order valence-corrected chi connectivity index (χ1v) is 5.11. The van der Waals surface area contributed by atoms with Crippen LogP contribution >= 0.6 is 0 Å². The van der Waals surface area contributed by atoms with Crippen molar-refractivity contribution in [3.63, 3.8) is 0 Å². The second-order valence-electron chi connectivity index (χ2n) is 3.39. The van der Waals surface area contributed by atoms with E-state index in [0.29, 0.717) is 5.82 Å². The number of benzene rings is 1. The first-order chi connectivity index (χ1) is 8.72. The second-order valence-corrected chi connectivity index (χ2v) is 3.39. The molecule has 0 aliphatic rings. The van der Waals surface area contributed by atoms with E-state index >= 15 is 0 Å². The number of para-hydroxylation sites is 1. The lowest BCUT2D eigenvalue weighted by molar-refractivity contribution is 0.0946. The minimum absolute atomic E-state index is 0.117. The van der Waals surface area contributed by atoms with Gasteiger partial charge in [0.1, 0.15) is 0 Å². The van der Waals surface area contributed by atoms with Gasteiger partial charge in [0.25, 0.3) is 5.91 Å². The summed E-state index contributed by atoms with van der Waals surface area (Å²) in [6, 6.07) is 4.66. The van der Waals surface area contributed by atoms with Gasteiger partial charge in [-0.3, -0.25) is 4.79 Å². The van der Waals surface area contributed by atoms with Crippen LogP contribution in [0.15, 0.2) is 29.1 Å². The predicted octanol–water partition coefficient (Wildman–Crippen LogP) is 0.714. The number of carbonyl (C=O) groups is 1. The van der Waals surface area contributed by atoms with Crippen LogP contribution in [-0.4, -0.2) is 28.3 Å². The Balaban J connectivity index is 2.09. The van der Waals surface area contributed by atoms with E-state index in [1.54, 1.807) is 12.1 Å². The molecule has 0 aliphatic heterocycles. The Morgan fingerprint density at radius 1 is 1.56 bits per heavy atom. The number of nitrogens with one attached hydrogen (secondary N) is 1. The Kier molecular flexibility index (Phi) is 3.42. The summed E-state index contributed by atoms with van der Waals surface area (Å²) in [5.74, 6) is -0.0604. The minimum atomic E-state index is -0.448. The maximum atomic E-state index is 11.8. The van der Waals surface area contributed by atoms with E-state index in [0.717, 1.165) is 0 Å². The zero-order valence-electron chi connectivity index (χ0n) is 9.58. The number of aromatic hydroxyl groups is 1. The molecule has 1 aromatic heterocycles. The minimum Gasteiger partial charge on any atom is -0.504 e. The molecule has 2 rings (SSSR count). The van der Waals surface area contributed by atoms with E-state index in [-0.39, 0.29) is 23.6 Å². The molecule has 0 bridgehead atoms. The number of methoxy groups -OCH3 is 1. The quantitative estimate of drug-likeness (QED) is 0.828. The number of ether oxygens (including phenoxy) is 1. The maximum absolute atomic E-state index is 11.8. The van der Waals surface area contributed by atoms with Crippen LogP contribution in [0.1, 0.15) is 16.2 Å². The van der Waals surface area contributed by atoms with E-state index < -0.39 is 5.91 Å². The van der Waals surface area contributed by atoms with E-state index in [1.807, 2.05) is 0 Å². The molecule has 0 saturated carbocycles. The van der Waals surface area contributed by atoms with Crippen molar-refractivity contribution in [1.29, 1.82) is 0 Å². The van der Waals surface area contributed by atoms with Gasteiger partial charge in [-0.25, -0.2) is 0 Å². The number of hydrogen-bond donors (Lipinski definition) is 2. The lowest BCUT2D eigenvalue weighted by Gasteiger charge is -2.08. The van der Waals surface area contributed by atoms with Gasteiger partial charge in [0.05, 0.1) is 19.2 Å². The normalized spacial score (nSPS) is 10.1. The van der Waals surface area contributed by atoms with Crippen molar-refractivity contribution in [3.8, 4) is 11.5 Å². The van der Waals surface area contributed by atoms with Gasteiger partial charge in [0.2, 0.25) is 6.39 Å². The molecule has 94 valence electrons. The molecule has 7 heteroatoms. The highest BCUT2D eigenvalue weighted by molar-refractivity contribution is 5.97. The molecule has 1 aromatic carbocycles. The molecule has 0 saturated heterocycles. The number of phenols is 1. The monoisotopic (exact) mass is 249 g/mol. The first kappa shape index (κ1) is 11.9. The van der Waals surface area contributed by atoms with Crippen LogP contribution in [0.4, 0.5) is 0 Å². The zero-order valence-corrected chi connectivity index (χ0v) is 9.58. The average Bonchev–Trinajstić information content (AvgIpc) is 2.89. The second kappa shape index (κ2) is 5.17. The number of phenolic OH excluding ortho intramolecular Hbond substituents is 1. The molecule has 2 N–H and O–H groups in total. The van der Waals surface area contributed by atoms with Crippen LogP contribution in [0.5, 0.6) is 11.5 Å². The highest BCUT2D eigenvalue weighted by Gasteiger charge is 2.14. The van der Waals surface area contributed by atoms with E-state index in [1.165, 1.54) is 19.6 Å². The van der Waals surface area contributed by atoms with Crippen molar-refractivity contribution in [2.75, 3.05) is 7.11 Å². The Morgan fingerprint density at radius 3 is 3.06 bits per heavy atom. The van der Waals surface area contributed by atoms with Gasteiger partial charge in [0.15, 0.2) is 17.3 Å². The largest absolute Gasteiger partial charge is 0.504 e. The van der Waals surface area contributed by atoms with Crippen molar-refractivity contribution in [2.45, 2.75) is 6.54 Å². The Labute approximate surface area is 102 Å². The summed E-state index contributed by atoms with van der Waals surface area (Å²) in [5, 5.41) is 15.9. The third kappa shape index (κ3) is 2.40. The zero-order chi connectivity index (χ0) is 13.0. The van der Waals surface area contributed by atoms with Crippen LogP contribution < -0.4 is 10.1 Å². The molecule has 0 radical (unpaired) electrons.